The maximum absolute atomic E-state index is 12.6. The highest BCUT2D eigenvalue weighted by Crippen LogP contribution is 2.40. The molecule has 3 N–H and O–H groups in total. The minimum Gasteiger partial charge on any atom is -0.506 e. The van der Waals surface area contributed by atoms with Crippen molar-refractivity contribution in [2.45, 2.75) is 19.4 Å². The highest BCUT2D eigenvalue weighted by molar-refractivity contribution is 7.16. The predicted molar refractivity (Wildman–Crippen MR) is 142 cm³/mol. The fourth-order valence-corrected chi connectivity index (χ4v) is 5.45. The van der Waals surface area contributed by atoms with Gasteiger partial charge in [0.2, 0.25) is 0 Å². The normalized spacial score (nSPS) is 15.5. The number of carbonyl (C=O) groups excluding carboxylic acids is 2. The van der Waals surface area contributed by atoms with Gasteiger partial charge < -0.3 is 10.4 Å². The Hall–Kier alpha value is -2.92. The number of amides is 2. The van der Waals surface area contributed by atoms with Crippen molar-refractivity contribution >= 4 is 69.6 Å². The number of nitrogens with zero attached hydrogens (tertiary/aromatic N) is 3. The monoisotopic (exact) mass is 549 g/mol. The van der Waals surface area contributed by atoms with Gasteiger partial charge >= 0.3 is 0 Å². The first-order chi connectivity index (χ1) is 16.7. The number of thiophene rings is 2. The molecule has 0 saturated carbocycles. The molecular weight excluding hydrogens is 529 g/mol. The predicted octanol–water partition coefficient (Wildman–Crippen LogP) is 5.06. The molecule has 12 heteroatoms. The molecule has 182 valence electrons. The minimum atomic E-state index is -0.447. The van der Waals surface area contributed by atoms with Crippen LogP contribution in [0.15, 0.2) is 45.9 Å². The van der Waals surface area contributed by atoms with Gasteiger partial charge in [-0.25, -0.2) is 5.43 Å². The van der Waals surface area contributed by atoms with E-state index < -0.39 is 5.91 Å². The minimum absolute atomic E-state index is 0.0391. The Morgan fingerprint density at radius 3 is 2.63 bits per heavy atom. The van der Waals surface area contributed by atoms with Crippen LogP contribution < -0.4 is 10.7 Å². The Bertz CT molecular complexity index is 1330. The summed E-state index contributed by atoms with van der Waals surface area (Å²) in [6.45, 7) is 2.14. The largest absolute Gasteiger partial charge is 0.506 e. The summed E-state index contributed by atoms with van der Waals surface area (Å²) in [5.74, 6) is -0.652. The van der Waals surface area contributed by atoms with Gasteiger partial charge in [-0.05, 0) is 36.8 Å². The second-order valence-corrected chi connectivity index (χ2v) is 10.5. The van der Waals surface area contributed by atoms with E-state index in [9.17, 15) is 14.7 Å². The molecule has 3 aromatic rings. The number of hydrogen-bond acceptors (Lipinski definition) is 8. The van der Waals surface area contributed by atoms with Crippen LogP contribution in [-0.2, 0) is 0 Å². The van der Waals surface area contributed by atoms with Crippen LogP contribution in [0.25, 0.3) is 10.4 Å². The number of halogens is 2. The van der Waals surface area contributed by atoms with Gasteiger partial charge in [0, 0.05) is 31.6 Å². The van der Waals surface area contributed by atoms with Crippen LogP contribution in [0.4, 0.5) is 0 Å². The first-order valence-electron chi connectivity index (χ1n) is 10.5. The molecule has 3 heterocycles. The lowest BCUT2D eigenvalue weighted by atomic mass is 10.1. The molecule has 0 spiro atoms. The third-order valence-electron chi connectivity index (χ3n) is 5.38. The average Bonchev–Trinajstić information content (AvgIpc) is 3.58. The zero-order chi connectivity index (χ0) is 25.1. The number of benzene rings is 1. The second-order valence-electron chi connectivity index (χ2n) is 7.73. The van der Waals surface area contributed by atoms with Gasteiger partial charge in [0.1, 0.15) is 5.75 Å². The van der Waals surface area contributed by atoms with Crippen molar-refractivity contribution in [2.75, 3.05) is 13.6 Å². The van der Waals surface area contributed by atoms with Crippen molar-refractivity contribution in [3.8, 4) is 16.2 Å². The number of likely N-dealkylation sites (N-methyl/N-ethyl adjacent to an activating group) is 1. The van der Waals surface area contributed by atoms with Gasteiger partial charge in [-0.1, -0.05) is 29.3 Å². The molecule has 0 radical (unpaired) electrons. The highest BCUT2D eigenvalue weighted by atomic mass is 35.5. The Morgan fingerprint density at radius 2 is 1.94 bits per heavy atom. The Labute approximate surface area is 219 Å². The Kier molecular flexibility index (Phi) is 7.75. The van der Waals surface area contributed by atoms with Gasteiger partial charge in [0.05, 0.1) is 42.0 Å². The molecule has 1 aliphatic heterocycles. The molecule has 2 aromatic heterocycles. The molecule has 35 heavy (non-hydrogen) atoms. The Morgan fingerprint density at radius 1 is 1.20 bits per heavy atom. The van der Waals surface area contributed by atoms with Gasteiger partial charge in [-0.15, -0.1) is 22.7 Å². The summed E-state index contributed by atoms with van der Waals surface area (Å²) in [5, 5.41) is 26.2. The molecular formula is C23H21Cl2N5O3S2. The number of hydrogen-bond donors (Lipinski definition) is 3. The molecule has 1 unspecified atom stereocenters. The van der Waals surface area contributed by atoms with Crippen molar-refractivity contribution in [3.05, 3.63) is 61.1 Å². The van der Waals surface area contributed by atoms with Gasteiger partial charge in [-0.2, -0.15) is 10.2 Å². The molecule has 1 atom stereocenters. The lowest BCUT2D eigenvalue weighted by Crippen LogP contribution is -2.37. The van der Waals surface area contributed by atoms with E-state index in [1.54, 1.807) is 42.6 Å². The maximum Gasteiger partial charge on any atom is 0.281 e. The summed E-state index contributed by atoms with van der Waals surface area (Å²) < 4.78 is 0. The van der Waals surface area contributed by atoms with E-state index in [1.165, 1.54) is 11.3 Å². The third-order valence-corrected chi connectivity index (χ3v) is 8.22. The zero-order valence-corrected chi connectivity index (χ0v) is 21.9. The summed E-state index contributed by atoms with van der Waals surface area (Å²) in [4.78, 5) is 26.4. The van der Waals surface area contributed by atoms with Gasteiger partial charge in [0.25, 0.3) is 11.8 Å². The van der Waals surface area contributed by atoms with Crippen LogP contribution in [0.3, 0.4) is 0 Å². The zero-order valence-electron chi connectivity index (χ0n) is 18.7. The first kappa shape index (κ1) is 25.2. The smallest absolute Gasteiger partial charge is 0.281 e. The lowest BCUT2D eigenvalue weighted by molar-refractivity contribution is 0.0943. The van der Waals surface area contributed by atoms with Crippen LogP contribution in [-0.4, -0.2) is 53.5 Å². The van der Waals surface area contributed by atoms with Gasteiger partial charge in [0.15, 0.2) is 0 Å². The quantitative estimate of drug-likeness (QED) is 0.282. The summed E-state index contributed by atoms with van der Waals surface area (Å²) in [7, 11) is 1.86. The van der Waals surface area contributed by atoms with Crippen LogP contribution in [0.1, 0.15) is 38.3 Å². The molecule has 8 nitrogen and oxygen atoms in total. The summed E-state index contributed by atoms with van der Waals surface area (Å²) in [5.41, 5.74) is 4.12. The molecule has 1 aromatic carbocycles. The summed E-state index contributed by atoms with van der Waals surface area (Å²) >= 11 is 14.5. The maximum atomic E-state index is 12.6. The van der Waals surface area contributed by atoms with E-state index in [1.807, 2.05) is 18.3 Å². The van der Waals surface area contributed by atoms with Crippen molar-refractivity contribution in [1.82, 2.24) is 15.8 Å². The molecule has 0 fully saturated rings. The van der Waals surface area contributed by atoms with Crippen LogP contribution >= 0.6 is 45.9 Å². The second kappa shape index (κ2) is 10.8. The van der Waals surface area contributed by atoms with E-state index in [0.29, 0.717) is 42.5 Å². The van der Waals surface area contributed by atoms with Crippen molar-refractivity contribution in [1.29, 1.82) is 0 Å². The van der Waals surface area contributed by atoms with Crippen LogP contribution in [0, 0.1) is 0 Å². The molecule has 2 amide bonds. The third kappa shape index (κ3) is 5.67. The summed E-state index contributed by atoms with van der Waals surface area (Å²) in [6, 6.07) is 8.42. The van der Waals surface area contributed by atoms with Gasteiger partial charge in [-0.3, -0.25) is 14.6 Å². The van der Waals surface area contributed by atoms with E-state index >= 15 is 0 Å². The van der Waals surface area contributed by atoms with E-state index in [2.05, 4.69) is 20.9 Å². The van der Waals surface area contributed by atoms with Crippen molar-refractivity contribution < 1.29 is 14.7 Å². The SMILES string of the molecule is CC(=NNC(=O)c1ccc(C(=O)NCC2CC=NN2C)s1)c1csc(-c2ccc(Cl)c(Cl)c2)c1O. The number of aromatic hydroxyl groups is 1. The highest BCUT2D eigenvalue weighted by Gasteiger charge is 2.20. The van der Waals surface area contributed by atoms with Crippen LogP contribution in [0.5, 0.6) is 5.75 Å². The van der Waals surface area contributed by atoms with Crippen molar-refractivity contribution in [3.63, 3.8) is 0 Å². The number of rotatable bonds is 7. The number of nitrogens with one attached hydrogen (secondary N) is 2. The Balaban J connectivity index is 1.38. The lowest BCUT2D eigenvalue weighted by Gasteiger charge is -2.18. The standard InChI is InChI=1S/C23H21Cl2N5O3S2/c1-12(15-11-34-21(20(15)31)13-3-4-16(24)17(25)9-13)28-29-23(33)19-6-5-18(35-19)22(32)26-10-14-7-8-27-30(14)2/h3-6,8-9,11,14,31H,7,10H2,1-2H3,(H,26,32)(H,29,33). The van der Waals surface area contributed by atoms with E-state index in [4.69, 9.17) is 23.2 Å². The molecule has 0 aliphatic carbocycles. The van der Waals surface area contributed by atoms with Crippen LogP contribution in [0.2, 0.25) is 10.0 Å². The molecule has 4 rings (SSSR count). The molecule has 0 bridgehead atoms. The fourth-order valence-electron chi connectivity index (χ4n) is 3.34. The number of hydrazone groups is 2. The van der Waals surface area contributed by atoms with E-state index in [-0.39, 0.29) is 17.7 Å². The molecule has 0 saturated heterocycles. The topological polar surface area (TPSA) is 106 Å². The molecule has 1 aliphatic rings. The van der Waals surface area contributed by atoms with Crippen molar-refractivity contribution in [2.24, 2.45) is 10.2 Å². The fraction of sp³-hybridized carbons (Fsp3) is 0.217. The summed E-state index contributed by atoms with van der Waals surface area (Å²) in [6.07, 6.45) is 2.59. The van der Waals surface area contributed by atoms with E-state index in [0.717, 1.165) is 23.3 Å². The number of carbonyl (C=O) groups is 2. The first-order valence-corrected chi connectivity index (χ1v) is 12.9. The average molecular weight is 550 g/mol.